The zero-order valence-electron chi connectivity index (χ0n) is 14.9. The number of hydrogen-bond donors (Lipinski definition) is 4. The van der Waals surface area contributed by atoms with E-state index in [1.54, 1.807) is 18.2 Å². The molecule has 1 amide bonds. The number of aromatic amines is 1. The highest BCUT2D eigenvalue weighted by Crippen LogP contribution is 2.19. The molecule has 27 heavy (non-hydrogen) atoms. The van der Waals surface area contributed by atoms with Crippen LogP contribution >= 0.6 is 0 Å². The second-order valence-corrected chi connectivity index (χ2v) is 6.27. The van der Waals surface area contributed by atoms with Gasteiger partial charge in [-0.15, -0.1) is 0 Å². The molecule has 0 spiro atoms. The van der Waals surface area contributed by atoms with Gasteiger partial charge in [0, 0.05) is 34.6 Å². The largest absolute Gasteiger partial charge is 0.395 e. The Labute approximate surface area is 158 Å². The summed E-state index contributed by atoms with van der Waals surface area (Å²) in [5, 5.41) is 22.5. The van der Waals surface area contributed by atoms with Gasteiger partial charge in [0.25, 0.3) is 5.91 Å². The first-order valence-electron chi connectivity index (χ1n) is 8.87. The van der Waals surface area contributed by atoms with E-state index in [1.165, 1.54) is 0 Å². The number of aliphatic hydroxyl groups is 2. The van der Waals surface area contributed by atoms with E-state index < -0.39 is 0 Å². The van der Waals surface area contributed by atoms with Gasteiger partial charge in [-0.3, -0.25) is 4.79 Å². The van der Waals surface area contributed by atoms with Crippen molar-refractivity contribution in [3.8, 4) is 11.8 Å². The van der Waals surface area contributed by atoms with Crippen molar-refractivity contribution in [2.45, 2.75) is 18.9 Å². The van der Waals surface area contributed by atoms with E-state index in [2.05, 4.69) is 22.1 Å². The van der Waals surface area contributed by atoms with Gasteiger partial charge in [0.2, 0.25) is 0 Å². The van der Waals surface area contributed by atoms with Crippen molar-refractivity contribution >= 4 is 16.8 Å². The third-order valence-electron chi connectivity index (χ3n) is 4.29. The Balaban J connectivity index is 1.70. The number of carbonyl (C=O) groups is 1. The van der Waals surface area contributed by atoms with Crippen LogP contribution in [0, 0.1) is 11.8 Å². The Hall–Kier alpha value is -3.07. The number of fused-ring (bicyclic) bond motifs is 1. The summed E-state index contributed by atoms with van der Waals surface area (Å²) in [5.41, 5.74) is 3.29. The van der Waals surface area contributed by atoms with Gasteiger partial charge < -0.3 is 20.5 Å². The van der Waals surface area contributed by atoms with Crippen LogP contribution in [0.15, 0.2) is 54.7 Å². The lowest BCUT2D eigenvalue weighted by Gasteiger charge is -2.16. The van der Waals surface area contributed by atoms with Crippen LogP contribution < -0.4 is 5.32 Å². The summed E-state index contributed by atoms with van der Waals surface area (Å²) in [4.78, 5) is 15.8. The molecule has 3 aromatic rings. The van der Waals surface area contributed by atoms with Gasteiger partial charge in [-0.1, -0.05) is 36.1 Å². The third-order valence-corrected chi connectivity index (χ3v) is 4.29. The Morgan fingerprint density at radius 2 is 2.00 bits per heavy atom. The molecule has 138 valence electrons. The minimum Gasteiger partial charge on any atom is -0.395 e. The van der Waals surface area contributed by atoms with Gasteiger partial charge in [-0.05, 0) is 36.2 Å². The van der Waals surface area contributed by atoms with Crippen molar-refractivity contribution in [1.82, 2.24) is 10.3 Å². The van der Waals surface area contributed by atoms with Gasteiger partial charge in [-0.2, -0.15) is 0 Å². The Kier molecular flexibility index (Phi) is 6.26. The summed E-state index contributed by atoms with van der Waals surface area (Å²) >= 11 is 0. The zero-order chi connectivity index (χ0) is 19.1. The molecule has 5 heteroatoms. The van der Waals surface area contributed by atoms with E-state index in [0.717, 1.165) is 16.5 Å². The summed E-state index contributed by atoms with van der Waals surface area (Å²) in [5.74, 6) is 5.51. The number of nitrogens with one attached hydrogen (secondary N) is 2. The van der Waals surface area contributed by atoms with Gasteiger partial charge in [0.15, 0.2) is 0 Å². The lowest BCUT2D eigenvalue weighted by molar-refractivity contribution is 0.0916. The number of aromatic nitrogens is 1. The number of amides is 1. The minimum atomic E-state index is -0.388. The summed E-state index contributed by atoms with van der Waals surface area (Å²) in [6, 6.07) is 14.6. The number of benzene rings is 2. The van der Waals surface area contributed by atoms with Crippen molar-refractivity contribution in [3.63, 3.8) is 0 Å². The smallest absolute Gasteiger partial charge is 0.251 e. The standard InChI is InChI=1S/C22H22N2O3/c25-11-4-3-6-16-7-5-8-17(12-16)22(27)24-19(15-26)13-18-14-23-21-10-2-1-9-20(18)21/h1-2,5,7-10,12,14,19,23,25-26H,4,11,13,15H2,(H,24,27)/t19-/m1/s1. The molecule has 2 aromatic carbocycles. The number of carbonyl (C=O) groups excluding carboxylic acids is 1. The lowest BCUT2D eigenvalue weighted by Crippen LogP contribution is -2.39. The number of H-pyrrole nitrogens is 1. The van der Waals surface area contributed by atoms with Crippen LogP contribution in [0.1, 0.15) is 27.9 Å². The van der Waals surface area contributed by atoms with Crippen LogP contribution in [0.2, 0.25) is 0 Å². The van der Waals surface area contributed by atoms with E-state index in [1.807, 2.05) is 36.5 Å². The van der Waals surface area contributed by atoms with Crippen LogP contribution in [0.5, 0.6) is 0 Å². The van der Waals surface area contributed by atoms with Gasteiger partial charge >= 0.3 is 0 Å². The van der Waals surface area contributed by atoms with E-state index >= 15 is 0 Å². The second-order valence-electron chi connectivity index (χ2n) is 6.27. The summed E-state index contributed by atoms with van der Waals surface area (Å²) in [7, 11) is 0. The zero-order valence-corrected chi connectivity index (χ0v) is 14.9. The van der Waals surface area contributed by atoms with Gasteiger partial charge in [-0.25, -0.2) is 0 Å². The molecule has 0 saturated heterocycles. The van der Waals surface area contributed by atoms with Crippen LogP contribution in [0.4, 0.5) is 0 Å². The maximum Gasteiger partial charge on any atom is 0.251 e. The fraction of sp³-hybridized carbons (Fsp3) is 0.227. The molecule has 1 aromatic heterocycles. The maximum absolute atomic E-state index is 12.6. The van der Waals surface area contributed by atoms with Crippen LogP contribution in [0.25, 0.3) is 10.9 Å². The third kappa shape index (κ3) is 4.76. The molecular weight excluding hydrogens is 340 g/mol. The first-order chi connectivity index (χ1) is 13.2. The van der Waals surface area contributed by atoms with Crippen molar-refractivity contribution in [2.24, 2.45) is 0 Å². The normalized spacial score (nSPS) is 11.6. The molecule has 1 atom stereocenters. The molecule has 3 rings (SSSR count). The van der Waals surface area contributed by atoms with Crippen molar-refractivity contribution < 1.29 is 15.0 Å². The van der Waals surface area contributed by atoms with Gasteiger partial charge in [0.05, 0.1) is 19.3 Å². The molecule has 0 bridgehead atoms. The maximum atomic E-state index is 12.6. The van der Waals surface area contributed by atoms with Crippen LogP contribution in [-0.4, -0.2) is 40.4 Å². The highest BCUT2D eigenvalue weighted by atomic mass is 16.3. The van der Waals surface area contributed by atoms with Crippen LogP contribution in [0.3, 0.4) is 0 Å². The molecule has 5 nitrogen and oxygen atoms in total. The summed E-state index contributed by atoms with van der Waals surface area (Å²) in [6.45, 7) is -0.138. The molecule has 0 aliphatic carbocycles. The van der Waals surface area contributed by atoms with E-state index in [4.69, 9.17) is 5.11 Å². The quantitative estimate of drug-likeness (QED) is 0.507. The van der Waals surface area contributed by atoms with Crippen molar-refractivity contribution in [1.29, 1.82) is 0 Å². The monoisotopic (exact) mass is 362 g/mol. The summed E-state index contributed by atoms with van der Waals surface area (Å²) in [6.07, 6.45) is 2.84. The summed E-state index contributed by atoms with van der Waals surface area (Å²) < 4.78 is 0. The molecule has 0 saturated carbocycles. The van der Waals surface area contributed by atoms with Gasteiger partial charge in [0.1, 0.15) is 0 Å². The first-order valence-corrected chi connectivity index (χ1v) is 8.87. The first kappa shape index (κ1) is 18.7. The topological polar surface area (TPSA) is 85.4 Å². The van der Waals surface area contributed by atoms with E-state index in [-0.39, 0.29) is 25.2 Å². The van der Waals surface area contributed by atoms with Crippen molar-refractivity contribution in [3.05, 3.63) is 71.4 Å². The second kappa shape index (κ2) is 9.04. The number of rotatable bonds is 6. The predicted molar refractivity (Wildman–Crippen MR) is 105 cm³/mol. The van der Waals surface area contributed by atoms with E-state index in [0.29, 0.717) is 24.0 Å². The minimum absolute atomic E-state index is 0.0131. The molecule has 0 fully saturated rings. The molecule has 1 heterocycles. The average Bonchev–Trinajstić information content (AvgIpc) is 3.11. The number of aliphatic hydroxyl groups excluding tert-OH is 2. The number of para-hydroxylation sites is 1. The van der Waals surface area contributed by atoms with Crippen molar-refractivity contribution in [2.75, 3.05) is 13.2 Å². The molecule has 4 N–H and O–H groups in total. The SMILES string of the molecule is O=C(N[C@@H](CO)Cc1c[nH]c2ccccc12)c1cccc(C#CCCO)c1. The lowest BCUT2D eigenvalue weighted by atomic mass is 10.0. The average molecular weight is 362 g/mol. The predicted octanol–water partition coefficient (Wildman–Crippen LogP) is 2.24. The Morgan fingerprint density at radius 3 is 2.81 bits per heavy atom. The fourth-order valence-electron chi connectivity index (χ4n) is 2.95. The Bertz CT molecular complexity index is 982. The molecule has 0 aliphatic heterocycles. The molecular formula is C22H22N2O3. The molecule has 0 aliphatic rings. The highest BCUT2D eigenvalue weighted by molar-refractivity contribution is 5.94. The fourth-order valence-corrected chi connectivity index (χ4v) is 2.95. The molecule has 0 unspecified atom stereocenters. The number of hydrogen-bond acceptors (Lipinski definition) is 3. The Morgan fingerprint density at radius 1 is 1.15 bits per heavy atom. The molecule has 0 radical (unpaired) electrons. The highest BCUT2D eigenvalue weighted by Gasteiger charge is 2.15. The van der Waals surface area contributed by atoms with E-state index in [9.17, 15) is 9.90 Å². The van der Waals surface area contributed by atoms with Crippen LogP contribution in [-0.2, 0) is 6.42 Å².